The molecule has 0 aromatic heterocycles. The van der Waals surface area contributed by atoms with Crippen LogP contribution >= 0.6 is 0 Å². The van der Waals surface area contributed by atoms with Crippen LogP contribution in [0.3, 0.4) is 0 Å². The molecule has 0 aromatic rings. The summed E-state index contributed by atoms with van der Waals surface area (Å²) >= 11 is 0. The fourth-order valence-electron chi connectivity index (χ4n) is 2.86. The molecule has 1 spiro atoms. The van der Waals surface area contributed by atoms with E-state index in [1.54, 1.807) is 7.11 Å². The van der Waals surface area contributed by atoms with Crippen molar-refractivity contribution in [1.29, 1.82) is 0 Å². The quantitative estimate of drug-likeness (QED) is 0.705. The monoisotopic (exact) mass is 213 g/mol. The van der Waals surface area contributed by atoms with Gasteiger partial charge in [-0.3, -0.25) is 0 Å². The van der Waals surface area contributed by atoms with Gasteiger partial charge in [0.15, 0.2) is 0 Å². The topological polar surface area (TPSA) is 30.5 Å². The van der Waals surface area contributed by atoms with Crippen LogP contribution in [0.15, 0.2) is 0 Å². The van der Waals surface area contributed by atoms with Crippen molar-refractivity contribution in [3.8, 4) is 0 Å². The summed E-state index contributed by atoms with van der Waals surface area (Å²) in [5, 5.41) is 3.38. The highest BCUT2D eigenvalue weighted by Gasteiger charge is 2.41. The Morgan fingerprint density at radius 3 is 2.87 bits per heavy atom. The van der Waals surface area contributed by atoms with Crippen molar-refractivity contribution >= 4 is 0 Å². The van der Waals surface area contributed by atoms with Crippen molar-refractivity contribution in [1.82, 2.24) is 5.32 Å². The third-order valence-electron chi connectivity index (χ3n) is 3.71. The van der Waals surface area contributed by atoms with Crippen molar-refractivity contribution in [3.63, 3.8) is 0 Å². The maximum absolute atomic E-state index is 6.19. The molecule has 1 saturated carbocycles. The van der Waals surface area contributed by atoms with Crippen LogP contribution in [0.4, 0.5) is 0 Å². The maximum Gasteiger partial charge on any atom is 0.0708 e. The van der Waals surface area contributed by atoms with E-state index in [2.05, 4.69) is 5.32 Å². The molecule has 2 aliphatic rings. The van der Waals surface area contributed by atoms with Crippen molar-refractivity contribution in [2.75, 3.05) is 26.8 Å². The highest BCUT2D eigenvalue weighted by molar-refractivity contribution is 4.93. The van der Waals surface area contributed by atoms with E-state index in [-0.39, 0.29) is 5.60 Å². The number of hydrogen-bond donors (Lipinski definition) is 1. The Kier molecular flexibility index (Phi) is 4.00. The molecule has 1 atom stereocenters. The minimum atomic E-state index is 0.285. The summed E-state index contributed by atoms with van der Waals surface area (Å²) in [5.74, 6) is 0. The lowest BCUT2D eigenvalue weighted by atomic mass is 9.98. The van der Waals surface area contributed by atoms with Crippen molar-refractivity contribution in [2.45, 2.75) is 50.2 Å². The molecule has 2 rings (SSSR count). The summed E-state index contributed by atoms with van der Waals surface area (Å²) in [6, 6.07) is 0. The molecule has 1 unspecified atom stereocenters. The molecule has 0 aromatic carbocycles. The Balaban J connectivity index is 1.64. The summed E-state index contributed by atoms with van der Waals surface area (Å²) in [6.07, 6.45) is 8.28. The number of methoxy groups -OCH3 is 1. The van der Waals surface area contributed by atoms with Gasteiger partial charge >= 0.3 is 0 Å². The van der Waals surface area contributed by atoms with Crippen molar-refractivity contribution in [3.05, 3.63) is 0 Å². The zero-order chi connectivity index (χ0) is 10.6. The van der Waals surface area contributed by atoms with Gasteiger partial charge < -0.3 is 14.8 Å². The minimum absolute atomic E-state index is 0.285. The Morgan fingerprint density at radius 1 is 1.33 bits per heavy atom. The second kappa shape index (κ2) is 5.28. The molecule has 15 heavy (non-hydrogen) atoms. The predicted octanol–water partition coefficient (Wildman–Crippen LogP) is 1.71. The Labute approximate surface area is 92.5 Å². The Bertz CT molecular complexity index is 190. The average Bonchev–Trinajstić information content (AvgIpc) is 2.85. The second-order valence-corrected chi connectivity index (χ2v) is 4.87. The lowest BCUT2D eigenvalue weighted by Crippen LogP contribution is -2.32. The molecule has 0 bridgehead atoms. The summed E-state index contributed by atoms with van der Waals surface area (Å²) in [6.45, 7) is 2.71. The van der Waals surface area contributed by atoms with Gasteiger partial charge in [0.1, 0.15) is 0 Å². The molecular weight excluding hydrogens is 190 g/mol. The van der Waals surface area contributed by atoms with E-state index in [9.17, 15) is 0 Å². The normalized spacial score (nSPS) is 29.0. The van der Waals surface area contributed by atoms with E-state index in [0.717, 1.165) is 19.7 Å². The van der Waals surface area contributed by atoms with Gasteiger partial charge in [-0.05, 0) is 25.7 Å². The van der Waals surface area contributed by atoms with Crippen LogP contribution < -0.4 is 5.32 Å². The van der Waals surface area contributed by atoms with Gasteiger partial charge in [-0.25, -0.2) is 0 Å². The first kappa shape index (κ1) is 11.4. The van der Waals surface area contributed by atoms with E-state index >= 15 is 0 Å². The number of nitrogens with one attached hydrogen (secondary N) is 1. The lowest BCUT2D eigenvalue weighted by Gasteiger charge is -2.23. The van der Waals surface area contributed by atoms with Gasteiger partial charge in [0.05, 0.1) is 18.3 Å². The fraction of sp³-hybridized carbons (Fsp3) is 1.00. The molecule has 1 saturated heterocycles. The molecule has 1 aliphatic heterocycles. The highest BCUT2D eigenvalue weighted by atomic mass is 16.5. The molecule has 0 radical (unpaired) electrons. The SMILES string of the molecule is COCCNCC1CCC2(CCCC2)O1. The summed E-state index contributed by atoms with van der Waals surface area (Å²) in [7, 11) is 1.74. The van der Waals surface area contributed by atoms with Crippen molar-refractivity contribution in [2.24, 2.45) is 0 Å². The smallest absolute Gasteiger partial charge is 0.0708 e. The van der Waals surface area contributed by atoms with E-state index < -0.39 is 0 Å². The third kappa shape index (κ3) is 2.92. The Hall–Kier alpha value is -0.120. The molecule has 0 amide bonds. The molecule has 1 aliphatic carbocycles. The summed E-state index contributed by atoms with van der Waals surface area (Å²) < 4.78 is 11.2. The molecular formula is C12H23NO2. The van der Waals surface area contributed by atoms with Gasteiger partial charge in [-0.1, -0.05) is 12.8 Å². The second-order valence-electron chi connectivity index (χ2n) is 4.87. The van der Waals surface area contributed by atoms with E-state index in [1.807, 2.05) is 0 Å². The minimum Gasteiger partial charge on any atom is -0.383 e. The van der Waals surface area contributed by atoms with E-state index in [0.29, 0.717) is 6.10 Å². The Morgan fingerprint density at radius 2 is 2.13 bits per heavy atom. The summed E-state index contributed by atoms with van der Waals surface area (Å²) in [5.41, 5.74) is 0.285. The highest BCUT2D eigenvalue weighted by Crippen LogP contribution is 2.42. The molecule has 1 N–H and O–H groups in total. The lowest BCUT2D eigenvalue weighted by molar-refractivity contribution is -0.0353. The van der Waals surface area contributed by atoms with Gasteiger partial charge in [-0.15, -0.1) is 0 Å². The zero-order valence-corrected chi connectivity index (χ0v) is 9.76. The number of hydrogen-bond acceptors (Lipinski definition) is 3. The van der Waals surface area contributed by atoms with Gasteiger partial charge in [0.2, 0.25) is 0 Å². The van der Waals surface area contributed by atoms with E-state index in [4.69, 9.17) is 9.47 Å². The van der Waals surface area contributed by atoms with Gasteiger partial charge in [0, 0.05) is 20.2 Å². The van der Waals surface area contributed by atoms with Crippen LogP contribution in [0, 0.1) is 0 Å². The molecule has 1 heterocycles. The maximum atomic E-state index is 6.19. The zero-order valence-electron chi connectivity index (χ0n) is 9.76. The van der Waals surface area contributed by atoms with Gasteiger partial charge in [0.25, 0.3) is 0 Å². The number of ether oxygens (including phenoxy) is 2. The van der Waals surface area contributed by atoms with Crippen LogP contribution in [-0.4, -0.2) is 38.5 Å². The molecule has 3 heteroatoms. The third-order valence-corrected chi connectivity index (χ3v) is 3.71. The van der Waals surface area contributed by atoms with Crippen LogP contribution in [0.25, 0.3) is 0 Å². The molecule has 3 nitrogen and oxygen atoms in total. The first-order valence-corrected chi connectivity index (χ1v) is 6.22. The molecule has 2 fully saturated rings. The average molecular weight is 213 g/mol. The molecule has 88 valence electrons. The van der Waals surface area contributed by atoms with Crippen LogP contribution in [0.2, 0.25) is 0 Å². The predicted molar refractivity (Wildman–Crippen MR) is 60.1 cm³/mol. The number of rotatable bonds is 5. The fourth-order valence-corrected chi connectivity index (χ4v) is 2.86. The van der Waals surface area contributed by atoms with Crippen molar-refractivity contribution < 1.29 is 9.47 Å². The first-order valence-electron chi connectivity index (χ1n) is 6.22. The van der Waals surface area contributed by atoms with Crippen LogP contribution in [0.1, 0.15) is 38.5 Å². The van der Waals surface area contributed by atoms with Gasteiger partial charge in [-0.2, -0.15) is 0 Å². The van der Waals surface area contributed by atoms with E-state index in [1.165, 1.54) is 38.5 Å². The first-order chi connectivity index (χ1) is 7.35. The largest absolute Gasteiger partial charge is 0.383 e. The standard InChI is InChI=1S/C12H23NO2/c1-14-9-8-13-10-11-4-7-12(15-11)5-2-3-6-12/h11,13H,2-10H2,1H3. The summed E-state index contributed by atoms with van der Waals surface area (Å²) in [4.78, 5) is 0. The van der Waals surface area contributed by atoms with Crippen LogP contribution in [0.5, 0.6) is 0 Å². The van der Waals surface area contributed by atoms with Crippen LogP contribution in [-0.2, 0) is 9.47 Å².